The molecule has 0 unspecified atom stereocenters. The van der Waals surface area contributed by atoms with Crippen molar-refractivity contribution in [2.24, 2.45) is 0 Å². The molecule has 0 spiro atoms. The van der Waals surface area contributed by atoms with Crippen LogP contribution in [0.5, 0.6) is 0 Å². The highest BCUT2D eigenvalue weighted by Crippen LogP contribution is 2.25. The van der Waals surface area contributed by atoms with E-state index in [1.54, 1.807) is 31.2 Å². The lowest BCUT2D eigenvalue weighted by atomic mass is 10.2. The molecule has 0 saturated carbocycles. The number of anilines is 2. The minimum Gasteiger partial charge on any atom is -0.399 e. The molecule has 0 aliphatic heterocycles. The number of hydrogen-bond acceptors (Lipinski definition) is 3. The van der Waals surface area contributed by atoms with Crippen molar-refractivity contribution in [1.29, 1.82) is 0 Å². The van der Waals surface area contributed by atoms with Gasteiger partial charge >= 0.3 is 0 Å². The first-order chi connectivity index (χ1) is 9.77. The number of hydrogen-bond donors (Lipinski definition) is 2. The van der Waals surface area contributed by atoms with Gasteiger partial charge in [-0.15, -0.1) is 0 Å². The Labute approximate surface area is 131 Å². The van der Waals surface area contributed by atoms with Crippen molar-refractivity contribution in [2.45, 2.75) is 12.7 Å². The van der Waals surface area contributed by atoms with Gasteiger partial charge in [-0.2, -0.15) is 0 Å². The van der Waals surface area contributed by atoms with Gasteiger partial charge in [0.15, 0.2) is 0 Å². The molecule has 0 aliphatic rings. The number of halogens is 2. The molecule has 0 amide bonds. The summed E-state index contributed by atoms with van der Waals surface area (Å²) in [7, 11) is -3.61. The van der Waals surface area contributed by atoms with Crippen LogP contribution in [-0.4, -0.2) is 8.42 Å². The predicted molar refractivity (Wildman–Crippen MR) is 85.9 cm³/mol. The standard InChI is InChI=1S/C14H14BrFN2O2S/c1-9-5-13(16)12(15)7-14(9)18-21(19,20)8-10-3-2-4-11(17)6-10/h2-7,18H,8,17H2,1H3. The molecular formula is C14H14BrFN2O2S. The Morgan fingerprint density at radius 3 is 2.67 bits per heavy atom. The molecule has 7 heteroatoms. The molecule has 112 valence electrons. The zero-order valence-electron chi connectivity index (χ0n) is 11.2. The maximum Gasteiger partial charge on any atom is 0.236 e. The number of benzene rings is 2. The van der Waals surface area contributed by atoms with E-state index in [1.807, 2.05) is 0 Å². The summed E-state index contributed by atoms with van der Waals surface area (Å²) in [4.78, 5) is 0. The van der Waals surface area contributed by atoms with Crippen molar-refractivity contribution in [1.82, 2.24) is 0 Å². The lowest BCUT2D eigenvalue weighted by Crippen LogP contribution is -2.16. The first kappa shape index (κ1) is 15.8. The van der Waals surface area contributed by atoms with Crippen LogP contribution in [0.25, 0.3) is 0 Å². The van der Waals surface area contributed by atoms with Crippen LogP contribution in [-0.2, 0) is 15.8 Å². The SMILES string of the molecule is Cc1cc(F)c(Br)cc1NS(=O)(=O)Cc1cccc(N)c1. The van der Waals surface area contributed by atoms with E-state index in [0.29, 0.717) is 22.5 Å². The number of aryl methyl sites for hydroxylation is 1. The predicted octanol–water partition coefficient (Wildman–Crippen LogP) is 3.42. The van der Waals surface area contributed by atoms with Crippen molar-refractivity contribution in [2.75, 3.05) is 10.5 Å². The van der Waals surface area contributed by atoms with Crippen molar-refractivity contribution in [3.63, 3.8) is 0 Å². The monoisotopic (exact) mass is 372 g/mol. The minimum atomic E-state index is -3.61. The fourth-order valence-electron chi connectivity index (χ4n) is 1.86. The van der Waals surface area contributed by atoms with Gasteiger partial charge in [-0.25, -0.2) is 12.8 Å². The molecule has 0 aromatic heterocycles. The van der Waals surface area contributed by atoms with Gasteiger partial charge in [0.2, 0.25) is 10.0 Å². The Hall–Kier alpha value is -1.60. The molecule has 0 atom stereocenters. The summed E-state index contributed by atoms with van der Waals surface area (Å²) in [5.41, 5.74) is 7.56. The Bertz CT molecular complexity index is 779. The highest BCUT2D eigenvalue weighted by molar-refractivity contribution is 9.10. The number of sulfonamides is 1. The van der Waals surface area contributed by atoms with Gasteiger partial charge in [0.1, 0.15) is 5.82 Å². The van der Waals surface area contributed by atoms with E-state index in [4.69, 9.17) is 5.73 Å². The van der Waals surface area contributed by atoms with Gasteiger partial charge in [0, 0.05) is 5.69 Å². The van der Waals surface area contributed by atoms with Gasteiger partial charge < -0.3 is 5.73 Å². The average Bonchev–Trinajstić information content (AvgIpc) is 2.35. The fraction of sp³-hybridized carbons (Fsp3) is 0.143. The summed E-state index contributed by atoms with van der Waals surface area (Å²) >= 11 is 3.04. The zero-order valence-corrected chi connectivity index (χ0v) is 13.6. The second kappa shape index (κ2) is 6.03. The Morgan fingerprint density at radius 1 is 1.29 bits per heavy atom. The summed E-state index contributed by atoms with van der Waals surface area (Å²) in [6, 6.07) is 9.34. The van der Waals surface area contributed by atoms with Gasteiger partial charge in [0.25, 0.3) is 0 Å². The highest BCUT2D eigenvalue weighted by atomic mass is 79.9. The molecule has 0 aliphatic carbocycles. The smallest absolute Gasteiger partial charge is 0.236 e. The van der Waals surface area contributed by atoms with E-state index >= 15 is 0 Å². The maximum absolute atomic E-state index is 13.3. The Kier molecular flexibility index (Phi) is 4.53. The second-order valence-electron chi connectivity index (χ2n) is 4.69. The number of rotatable bonds is 4. The topological polar surface area (TPSA) is 72.2 Å². The third-order valence-corrected chi connectivity index (χ3v) is 4.69. The molecule has 2 rings (SSSR count). The van der Waals surface area contributed by atoms with Crippen LogP contribution in [0.2, 0.25) is 0 Å². The molecule has 4 nitrogen and oxygen atoms in total. The van der Waals surface area contributed by atoms with Crippen LogP contribution >= 0.6 is 15.9 Å². The normalized spacial score (nSPS) is 11.4. The first-order valence-electron chi connectivity index (χ1n) is 6.07. The van der Waals surface area contributed by atoms with Gasteiger partial charge in [-0.3, -0.25) is 4.72 Å². The summed E-state index contributed by atoms with van der Waals surface area (Å²) < 4.78 is 40.3. The summed E-state index contributed by atoms with van der Waals surface area (Å²) in [6.07, 6.45) is 0. The summed E-state index contributed by atoms with van der Waals surface area (Å²) in [5.74, 6) is -0.641. The Morgan fingerprint density at radius 2 is 2.00 bits per heavy atom. The van der Waals surface area contributed by atoms with E-state index in [1.165, 1.54) is 12.1 Å². The third-order valence-electron chi connectivity index (χ3n) is 2.84. The fourth-order valence-corrected chi connectivity index (χ4v) is 3.45. The second-order valence-corrected chi connectivity index (χ2v) is 7.26. The van der Waals surface area contributed by atoms with Crippen LogP contribution in [0.1, 0.15) is 11.1 Å². The van der Waals surface area contributed by atoms with Gasteiger partial charge in [-0.1, -0.05) is 12.1 Å². The molecule has 3 N–H and O–H groups in total. The molecule has 2 aromatic carbocycles. The molecule has 0 bridgehead atoms. The molecular weight excluding hydrogens is 359 g/mol. The largest absolute Gasteiger partial charge is 0.399 e. The van der Waals surface area contributed by atoms with E-state index in [-0.39, 0.29) is 10.2 Å². The highest BCUT2D eigenvalue weighted by Gasteiger charge is 2.14. The lowest BCUT2D eigenvalue weighted by Gasteiger charge is -2.12. The van der Waals surface area contributed by atoms with Crippen LogP contribution in [0.15, 0.2) is 40.9 Å². The van der Waals surface area contributed by atoms with E-state index in [2.05, 4.69) is 20.7 Å². The van der Waals surface area contributed by atoms with Crippen LogP contribution in [0.3, 0.4) is 0 Å². The molecule has 0 heterocycles. The first-order valence-corrected chi connectivity index (χ1v) is 8.52. The number of nitrogens with one attached hydrogen (secondary N) is 1. The van der Waals surface area contributed by atoms with Crippen LogP contribution in [0.4, 0.5) is 15.8 Å². The van der Waals surface area contributed by atoms with E-state index < -0.39 is 15.8 Å². The summed E-state index contributed by atoms with van der Waals surface area (Å²) in [6.45, 7) is 1.63. The molecule has 2 aromatic rings. The van der Waals surface area contributed by atoms with Crippen molar-refractivity contribution in [3.8, 4) is 0 Å². The quantitative estimate of drug-likeness (QED) is 0.807. The third kappa shape index (κ3) is 4.18. The lowest BCUT2D eigenvalue weighted by molar-refractivity contribution is 0.600. The van der Waals surface area contributed by atoms with E-state index in [9.17, 15) is 12.8 Å². The van der Waals surface area contributed by atoms with Crippen molar-refractivity contribution >= 4 is 37.3 Å². The minimum absolute atomic E-state index is 0.202. The molecule has 0 fully saturated rings. The van der Waals surface area contributed by atoms with Crippen molar-refractivity contribution in [3.05, 3.63) is 57.8 Å². The van der Waals surface area contributed by atoms with Crippen LogP contribution in [0, 0.1) is 12.7 Å². The number of nitrogens with two attached hydrogens (primary N) is 1. The average molecular weight is 373 g/mol. The van der Waals surface area contributed by atoms with Gasteiger partial charge in [-0.05, 0) is 58.2 Å². The Balaban J connectivity index is 2.24. The van der Waals surface area contributed by atoms with Crippen LogP contribution < -0.4 is 10.5 Å². The zero-order chi connectivity index (χ0) is 15.6. The van der Waals surface area contributed by atoms with Gasteiger partial charge in [0.05, 0.1) is 15.9 Å². The van der Waals surface area contributed by atoms with Crippen molar-refractivity contribution < 1.29 is 12.8 Å². The van der Waals surface area contributed by atoms with E-state index in [0.717, 1.165) is 0 Å². The maximum atomic E-state index is 13.3. The molecule has 21 heavy (non-hydrogen) atoms. The molecule has 0 radical (unpaired) electrons. The molecule has 0 saturated heterocycles. The number of nitrogen functional groups attached to an aromatic ring is 1. The summed E-state index contributed by atoms with van der Waals surface area (Å²) in [5, 5.41) is 0.